The van der Waals surface area contributed by atoms with Crippen molar-refractivity contribution >= 4 is 65.4 Å². The third-order valence-corrected chi connectivity index (χ3v) is 11.0. The number of carbonyl (C=O) groups is 7. The monoisotopic (exact) mass is 951 g/mol. The third-order valence-electron chi connectivity index (χ3n) is 10.7. The Labute approximate surface area is 391 Å². The Hall–Kier alpha value is -7.14. The van der Waals surface area contributed by atoms with Crippen molar-refractivity contribution in [1.29, 1.82) is 0 Å². The fourth-order valence-electron chi connectivity index (χ4n) is 6.70. The Bertz CT molecular complexity index is 2210. The van der Waals surface area contributed by atoms with Crippen LogP contribution in [-0.4, -0.2) is 110 Å². The first kappa shape index (κ1) is 54.2. The summed E-state index contributed by atoms with van der Waals surface area (Å²) in [6.07, 6.45) is 0.247. The Balaban J connectivity index is 2.01. The second-order valence-electron chi connectivity index (χ2n) is 15.8. The number of non-ortho nitro benzene ring substituents is 2. The van der Waals surface area contributed by atoms with E-state index < -0.39 is 93.4 Å². The van der Waals surface area contributed by atoms with Gasteiger partial charge in [0, 0.05) is 56.2 Å². The molecule has 0 saturated carbocycles. The van der Waals surface area contributed by atoms with Gasteiger partial charge >= 0.3 is 5.97 Å². The molecule has 0 aliphatic rings. The number of hydrogen-bond donors (Lipinski definition) is 10. The highest BCUT2D eigenvalue weighted by Crippen LogP contribution is 2.18. The molecule has 0 aliphatic heterocycles. The van der Waals surface area contributed by atoms with Crippen LogP contribution in [0, 0.1) is 26.1 Å². The number of rotatable bonds is 27. The van der Waals surface area contributed by atoms with Crippen molar-refractivity contribution in [2.45, 2.75) is 102 Å². The molecule has 3 aromatic carbocycles. The van der Waals surface area contributed by atoms with Crippen LogP contribution in [0.15, 0.2) is 72.8 Å². The van der Waals surface area contributed by atoms with Crippen LogP contribution in [0.2, 0.25) is 0 Å². The molecule has 0 aliphatic carbocycles. The molecule has 0 aromatic heterocycles. The van der Waals surface area contributed by atoms with E-state index in [4.69, 9.17) is 5.73 Å². The van der Waals surface area contributed by atoms with Gasteiger partial charge in [-0.2, -0.15) is 12.6 Å². The molecule has 67 heavy (non-hydrogen) atoms. The number of nitrogens with two attached hydrogens (primary N) is 1. The van der Waals surface area contributed by atoms with Gasteiger partial charge in [-0.05, 0) is 60.5 Å². The summed E-state index contributed by atoms with van der Waals surface area (Å²) in [5.74, 6) is -6.91. The van der Waals surface area contributed by atoms with E-state index in [-0.39, 0.29) is 61.5 Å². The maximum Gasteiger partial charge on any atom is 0.326 e. The van der Waals surface area contributed by atoms with E-state index in [0.717, 1.165) is 0 Å². The molecule has 6 amide bonds. The highest BCUT2D eigenvalue weighted by atomic mass is 32.1. The number of nitro groups is 2. The Morgan fingerprint density at radius 2 is 1.01 bits per heavy atom. The van der Waals surface area contributed by atoms with Gasteiger partial charge in [-0.15, -0.1) is 0 Å². The number of unbranched alkanes of at least 4 members (excludes halogenated alkanes) is 1. The predicted molar refractivity (Wildman–Crippen MR) is 247 cm³/mol. The van der Waals surface area contributed by atoms with Gasteiger partial charge in [-0.25, -0.2) is 4.79 Å². The molecular weight excluding hydrogens is 895 g/mol. The summed E-state index contributed by atoms with van der Waals surface area (Å²) in [5.41, 5.74) is 6.39. The van der Waals surface area contributed by atoms with E-state index in [9.17, 15) is 64.0 Å². The number of benzene rings is 3. The Morgan fingerprint density at radius 3 is 1.43 bits per heavy atom. The zero-order chi connectivity index (χ0) is 49.8. The van der Waals surface area contributed by atoms with Gasteiger partial charge in [0.25, 0.3) is 11.4 Å². The van der Waals surface area contributed by atoms with Crippen LogP contribution in [0.3, 0.4) is 0 Å². The molecule has 23 heteroatoms. The molecule has 10 N–H and O–H groups in total. The number of phenolic OH excluding ortho intramolecular Hbond substituents is 1. The number of amides is 6. The van der Waals surface area contributed by atoms with Crippen molar-refractivity contribution in [2.24, 2.45) is 11.7 Å². The van der Waals surface area contributed by atoms with Gasteiger partial charge < -0.3 is 47.8 Å². The first-order chi connectivity index (χ1) is 31.8. The molecule has 362 valence electrons. The number of nitro benzene ring substituents is 2. The summed E-state index contributed by atoms with van der Waals surface area (Å²) < 4.78 is 0. The molecule has 0 unspecified atom stereocenters. The SMILES string of the molecule is CC[C@H](C)[C@H](NC(=O)[C@H](CS)NC(C)=O)C(=O)N[C@@H](Cc1ccc([N+](=O)[O-])cc1)C(=O)N[C@@H](CCCCN)C(=O)N[C@@H](Cc1ccc([N+](=O)[O-])cc1)C(=O)N[C@@H](Cc1ccc(O)cc1)C(=O)O. The summed E-state index contributed by atoms with van der Waals surface area (Å²) in [5, 5.41) is 57.9. The number of aliphatic carboxylic acids is 1. The lowest BCUT2D eigenvalue weighted by molar-refractivity contribution is -0.385. The molecule has 0 saturated heterocycles. The fraction of sp³-hybridized carbons (Fsp3) is 0.432. The molecule has 0 spiro atoms. The van der Waals surface area contributed by atoms with Crippen LogP contribution in [0.4, 0.5) is 11.4 Å². The number of carboxylic acid groups (broad SMARTS) is 1. The largest absolute Gasteiger partial charge is 0.508 e. The summed E-state index contributed by atoms with van der Waals surface area (Å²) in [6.45, 7) is 4.86. The summed E-state index contributed by atoms with van der Waals surface area (Å²) in [7, 11) is 0. The Morgan fingerprint density at radius 1 is 0.612 bits per heavy atom. The number of phenols is 1. The summed E-state index contributed by atoms with van der Waals surface area (Å²) >= 11 is 4.14. The predicted octanol–water partition coefficient (Wildman–Crippen LogP) is 1.35. The molecule has 0 bridgehead atoms. The molecule has 3 rings (SSSR count). The number of nitrogens with one attached hydrogen (secondary N) is 6. The lowest BCUT2D eigenvalue weighted by atomic mass is 9.96. The molecule has 0 radical (unpaired) electrons. The second kappa shape index (κ2) is 26.7. The van der Waals surface area contributed by atoms with Crippen LogP contribution in [0.25, 0.3) is 0 Å². The van der Waals surface area contributed by atoms with E-state index in [1.165, 1.54) is 79.7 Å². The normalized spacial score (nSPS) is 14.0. The van der Waals surface area contributed by atoms with Gasteiger partial charge in [-0.3, -0.25) is 49.0 Å². The van der Waals surface area contributed by atoms with Crippen molar-refractivity contribution in [3.63, 3.8) is 0 Å². The van der Waals surface area contributed by atoms with E-state index in [1.807, 2.05) is 0 Å². The number of aromatic hydroxyl groups is 1. The summed E-state index contributed by atoms with van der Waals surface area (Å²) in [4.78, 5) is 116. The van der Waals surface area contributed by atoms with Gasteiger partial charge in [-0.1, -0.05) is 56.7 Å². The van der Waals surface area contributed by atoms with Gasteiger partial charge in [0.05, 0.1) is 9.85 Å². The molecule has 3 aromatic rings. The number of hydrogen-bond acceptors (Lipinski definition) is 14. The first-order valence-corrected chi connectivity index (χ1v) is 22.0. The average Bonchev–Trinajstić information content (AvgIpc) is 3.29. The minimum Gasteiger partial charge on any atom is -0.508 e. The number of carboxylic acids is 1. The maximum atomic E-state index is 14.4. The van der Waals surface area contributed by atoms with Crippen molar-refractivity contribution in [2.75, 3.05) is 12.3 Å². The minimum atomic E-state index is -1.52. The fourth-order valence-corrected chi connectivity index (χ4v) is 6.96. The molecule has 7 atom stereocenters. The van der Waals surface area contributed by atoms with Crippen molar-refractivity contribution in [3.8, 4) is 5.75 Å². The third kappa shape index (κ3) is 17.6. The van der Waals surface area contributed by atoms with Crippen LogP contribution < -0.4 is 37.6 Å². The number of carbonyl (C=O) groups excluding carboxylic acids is 6. The van der Waals surface area contributed by atoms with E-state index in [2.05, 4.69) is 44.5 Å². The number of thiol groups is 1. The topological polar surface area (TPSA) is 344 Å². The van der Waals surface area contributed by atoms with Crippen LogP contribution >= 0.6 is 12.6 Å². The minimum absolute atomic E-state index is 0.0444. The zero-order valence-corrected chi connectivity index (χ0v) is 38.0. The van der Waals surface area contributed by atoms with E-state index in [0.29, 0.717) is 29.5 Å². The zero-order valence-electron chi connectivity index (χ0n) is 37.1. The van der Waals surface area contributed by atoms with Crippen molar-refractivity contribution < 1.29 is 53.6 Å². The van der Waals surface area contributed by atoms with Gasteiger partial charge in [0.15, 0.2) is 0 Å². The lowest BCUT2D eigenvalue weighted by Crippen LogP contribution is -2.61. The molecule has 0 fully saturated rings. The van der Waals surface area contributed by atoms with Gasteiger partial charge in [0.1, 0.15) is 42.0 Å². The number of nitrogens with zero attached hydrogens (tertiary/aromatic N) is 2. The lowest BCUT2D eigenvalue weighted by Gasteiger charge is -2.29. The highest BCUT2D eigenvalue weighted by molar-refractivity contribution is 7.80. The van der Waals surface area contributed by atoms with Crippen molar-refractivity contribution in [3.05, 3.63) is 110 Å². The van der Waals surface area contributed by atoms with E-state index >= 15 is 0 Å². The summed E-state index contributed by atoms with van der Waals surface area (Å²) in [6, 6.07) is 7.58. The van der Waals surface area contributed by atoms with Crippen LogP contribution in [0.5, 0.6) is 5.75 Å². The Kier molecular flexibility index (Phi) is 21.6. The van der Waals surface area contributed by atoms with Gasteiger partial charge in [0.2, 0.25) is 35.4 Å². The highest BCUT2D eigenvalue weighted by Gasteiger charge is 2.35. The standard InChI is InChI=1S/C44H57N9O13S/c1-4-25(2)38(51-42(59)37(24-67)46-26(3)54)43(60)49-35(22-28-10-16-31(17-11-28)53(65)66)40(57)47-33(7-5-6-20-45)39(56)48-34(21-27-8-14-30(15-9-27)52(63)64)41(58)50-36(44(61)62)23-29-12-18-32(55)19-13-29/h8-19,25,33-38,55,67H,4-7,20-24,45H2,1-3H3,(H,46,54)(H,47,57)(H,48,56)(H,49,60)(H,50,58)(H,51,59)(H,61,62)/t25-,33-,34-,35-,36-,37-,38-/m0/s1. The quantitative estimate of drug-likeness (QED) is 0.0223. The smallest absolute Gasteiger partial charge is 0.326 e. The maximum absolute atomic E-state index is 14.4. The molecule has 0 heterocycles. The second-order valence-corrected chi connectivity index (χ2v) is 16.2. The molecule has 22 nitrogen and oxygen atoms in total. The van der Waals surface area contributed by atoms with Crippen LogP contribution in [0.1, 0.15) is 63.1 Å². The first-order valence-electron chi connectivity index (χ1n) is 21.3. The molecular formula is C44H57N9O13S. The van der Waals surface area contributed by atoms with Crippen molar-refractivity contribution in [1.82, 2.24) is 31.9 Å². The van der Waals surface area contributed by atoms with Crippen LogP contribution in [-0.2, 0) is 52.8 Å². The van der Waals surface area contributed by atoms with E-state index in [1.54, 1.807) is 13.8 Å². The average molecular weight is 952 g/mol.